The number of nitrogens with zero attached hydrogens (tertiary/aromatic N) is 1. The second-order valence-corrected chi connectivity index (χ2v) is 5.69. The molecule has 0 radical (unpaired) electrons. The zero-order chi connectivity index (χ0) is 16.3. The second kappa shape index (κ2) is 9.61. The van der Waals surface area contributed by atoms with E-state index in [2.05, 4.69) is 11.9 Å². The predicted molar refractivity (Wildman–Crippen MR) is 92.5 cm³/mol. The minimum absolute atomic E-state index is 0. The lowest BCUT2D eigenvalue weighted by atomic mass is 9.93. The van der Waals surface area contributed by atoms with Gasteiger partial charge in [-0.05, 0) is 31.0 Å². The summed E-state index contributed by atoms with van der Waals surface area (Å²) in [4.78, 5) is 2.01. The molecule has 1 aliphatic heterocycles. The molecule has 1 N–H and O–H groups in total. The molecule has 0 spiro atoms. The number of halogens is 6. The Morgan fingerprint density at radius 1 is 1.25 bits per heavy atom. The molecule has 1 atom stereocenters. The standard InChI is InChI=1S/C16H20F4N2.2ClH/c1-11(2)9-15(22-7-5-21-6-8-22)13-4-3-12(17)10-14(13)16(18,19)20;;/h3-4,10,15,21H,1,5-9H2,2H3;2*1H/t15-;;/m1../s1. The molecule has 1 heterocycles. The van der Waals surface area contributed by atoms with Crippen molar-refractivity contribution in [1.82, 2.24) is 10.2 Å². The largest absolute Gasteiger partial charge is 0.416 e. The van der Waals surface area contributed by atoms with E-state index in [1.54, 1.807) is 6.92 Å². The van der Waals surface area contributed by atoms with Crippen molar-refractivity contribution in [3.8, 4) is 0 Å². The smallest absolute Gasteiger partial charge is 0.314 e. The maximum Gasteiger partial charge on any atom is 0.416 e. The van der Waals surface area contributed by atoms with Crippen LogP contribution in [0.5, 0.6) is 0 Å². The molecule has 2 rings (SSSR count). The van der Waals surface area contributed by atoms with Gasteiger partial charge >= 0.3 is 6.18 Å². The zero-order valence-corrected chi connectivity index (χ0v) is 15.0. The van der Waals surface area contributed by atoms with Gasteiger partial charge in [0.05, 0.1) is 5.56 Å². The van der Waals surface area contributed by atoms with Crippen LogP contribution in [0.2, 0.25) is 0 Å². The van der Waals surface area contributed by atoms with Crippen LogP contribution < -0.4 is 5.32 Å². The average molecular weight is 389 g/mol. The molecule has 0 unspecified atom stereocenters. The van der Waals surface area contributed by atoms with E-state index < -0.39 is 23.6 Å². The van der Waals surface area contributed by atoms with Crippen LogP contribution in [0, 0.1) is 5.82 Å². The Balaban J connectivity index is 0.00000264. The highest BCUT2D eigenvalue weighted by atomic mass is 35.5. The maximum absolute atomic E-state index is 13.3. The van der Waals surface area contributed by atoms with Crippen LogP contribution in [0.25, 0.3) is 0 Å². The zero-order valence-electron chi connectivity index (χ0n) is 13.3. The molecule has 0 aliphatic carbocycles. The van der Waals surface area contributed by atoms with Crippen molar-refractivity contribution >= 4 is 24.8 Å². The van der Waals surface area contributed by atoms with Crippen molar-refractivity contribution in [1.29, 1.82) is 0 Å². The Labute approximate surface area is 152 Å². The van der Waals surface area contributed by atoms with Crippen molar-refractivity contribution in [2.45, 2.75) is 25.6 Å². The summed E-state index contributed by atoms with van der Waals surface area (Å²) >= 11 is 0. The fourth-order valence-electron chi connectivity index (χ4n) is 2.82. The molecule has 8 heteroatoms. The third-order valence-electron chi connectivity index (χ3n) is 3.81. The molecule has 1 aromatic carbocycles. The van der Waals surface area contributed by atoms with Crippen LogP contribution in [0.15, 0.2) is 30.4 Å². The number of benzene rings is 1. The molecule has 0 bridgehead atoms. The summed E-state index contributed by atoms with van der Waals surface area (Å²) in [5, 5.41) is 3.18. The van der Waals surface area contributed by atoms with E-state index in [4.69, 9.17) is 0 Å². The van der Waals surface area contributed by atoms with Gasteiger partial charge < -0.3 is 5.32 Å². The predicted octanol–water partition coefficient (Wildman–Crippen LogP) is 4.60. The van der Waals surface area contributed by atoms with E-state index in [1.807, 2.05) is 4.90 Å². The van der Waals surface area contributed by atoms with Crippen molar-refractivity contribution in [3.05, 3.63) is 47.3 Å². The topological polar surface area (TPSA) is 15.3 Å². The van der Waals surface area contributed by atoms with Crippen LogP contribution in [0.3, 0.4) is 0 Å². The van der Waals surface area contributed by atoms with Gasteiger partial charge in [-0.2, -0.15) is 13.2 Å². The van der Waals surface area contributed by atoms with Crippen molar-refractivity contribution in [3.63, 3.8) is 0 Å². The molecule has 0 saturated carbocycles. The van der Waals surface area contributed by atoms with Gasteiger partial charge in [0, 0.05) is 32.2 Å². The highest BCUT2D eigenvalue weighted by Crippen LogP contribution is 2.38. The van der Waals surface area contributed by atoms with E-state index >= 15 is 0 Å². The molecule has 1 fully saturated rings. The number of hydrogen-bond acceptors (Lipinski definition) is 2. The molecule has 0 aromatic heterocycles. The summed E-state index contributed by atoms with van der Waals surface area (Å²) in [5.41, 5.74) is 0.0389. The number of nitrogens with one attached hydrogen (secondary N) is 1. The third kappa shape index (κ3) is 5.92. The number of rotatable bonds is 4. The molecule has 1 aromatic rings. The van der Waals surface area contributed by atoms with E-state index in [-0.39, 0.29) is 30.4 Å². The van der Waals surface area contributed by atoms with E-state index in [0.29, 0.717) is 25.6 Å². The van der Waals surface area contributed by atoms with Crippen molar-refractivity contribution in [2.75, 3.05) is 26.2 Å². The highest BCUT2D eigenvalue weighted by Gasteiger charge is 2.37. The van der Waals surface area contributed by atoms with E-state index in [0.717, 1.165) is 24.7 Å². The van der Waals surface area contributed by atoms with E-state index in [1.165, 1.54) is 6.07 Å². The minimum Gasteiger partial charge on any atom is -0.314 e. The van der Waals surface area contributed by atoms with Crippen LogP contribution in [0.4, 0.5) is 17.6 Å². The molecule has 0 amide bonds. The van der Waals surface area contributed by atoms with E-state index in [9.17, 15) is 17.6 Å². The van der Waals surface area contributed by atoms with Gasteiger partial charge in [-0.1, -0.05) is 11.6 Å². The SMILES string of the molecule is C=C(C)C[C@H](c1ccc(F)cc1C(F)(F)F)N1CCNCC1.Cl.Cl. The van der Waals surface area contributed by atoms with Gasteiger partial charge in [-0.25, -0.2) is 4.39 Å². The monoisotopic (exact) mass is 388 g/mol. The lowest BCUT2D eigenvalue weighted by molar-refractivity contribution is -0.139. The maximum atomic E-state index is 13.3. The molecule has 1 aliphatic rings. The van der Waals surface area contributed by atoms with Gasteiger partial charge in [0.1, 0.15) is 5.82 Å². The Morgan fingerprint density at radius 3 is 2.33 bits per heavy atom. The third-order valence-corrected chi connectivity index (χ3v) is 3.81. The molecule has 2 nitrogen and oxygen atoms in total. The average Bonchev–Trinajstić information content (AvgIpc) is 2.45. The Morgan fingerprint density at radius 2 is 1.83 bits per heavy atom. The summed E-state index contributed by atoms with van der Waals surface area (Å²) < 4.78 is 53.1. The van der Waals surface area contributed by atoms with Crippen molar-refractivity contribution < 1.29 is 17.6 Å². The number of hydrogen-bond donors (Lipinski definition) is 1. The summed E-state index contributed by atoms with van der Waals surface area (Å²) in [6.45, 7) is 8.41. The first-order chi connectivity index (χ1) is 10.3. The quantitative estimate of drug-likeness (QED) is 0.598. The van der Waals surface area contributed by atoms with Gasteiger partial charge in [0.15, 0.2) is 0 Å². The molecular weight excluding hydrogens is 367 g/mol. The molecular formula is C16H22Cl2F4N2. The lowest BCUT2D eigenvalue weighted by Gasteiger charge is -2.36. The normalized spacial score (nSPS) is 16.7. The fourth-order valence-corrected chi connectivity index (χ4v) is 2.82. The van der Waals surface area contributed by atoms with Gasteiger partial charge in [-0.15, -0.1) is 31.4 Å². The second-order valence-electron chi connectivity index (χ2n) is 5.69. The van der Waals surface area contributed by atoms with Crippen LogP contribution in [-0.2, 0) is 6.18 Å². The van der Waals surface area contributed by atoms with Crippen LogP contribution in [-0.4, -0.2) is 31.1 Å². The number of alkyl halides is 3. The molecule has 1 saturated heterocycles. The summed E-state index contributed by atoms with van der Waals surface area (Å²) in [6, 6.07) is 2.51. The first kappa shape index (κ1) is 23.2. The summed E-state index contributed by atoms with van der Waals surface area (Å²) in [5.74, 6) is -0.870. The lowest BCUT2D eigenvalue weighted by Crippen LogP contribution is -2.45. The summed E-state index contributed by atoms with van der Waals surface area (Å²) in [6.07, 6.45) is -4.15. The van der Waals surface area contributed by atoms with Crippen LogP contribution in [0.1, 0.15) is 30.5 Å². The highest BCUT2D eigenvalue weighted by molar-refractivity contribution is 5.85. The van der Waals surface area contributed by atoms with Crippen LogP contribution >= 0.6 is 24.8 Å². The Hall–Kier alpha value is -0.820. The first-order valence-corrected chi connectivity index (χ1v) is 7.25. The molecule has 24 heavy (non-hydrogen) atoms. The molecule has 138 valence electrons. The summed E-state index contributed by atoms with van der Waals surface area (Å²) in [7, 11) is 0. The Bertz CT molecular complexity index is 543. The first-order valence-electron chi connectivity index (χ1n) is 7.25. The van der Waals surface area contributed by atoms with Gasteiger partial charge in [0.25, 0.3) is 0 Å². The van der Waals surface area contributed by atoms with Crippen molar-refractivity contribution in [2.24, 2.45) is 0 Å². The fraction of sp³-hybridized carbons (Fsp3) is 0.500. The minimum atomic E-state index is -4.57. The number of piperazine rings is 1. The van der Waals surface area contributed by atoms with Gasteiger partial charge in [-0.3, -0.25) is 4.90 Å². The van der Waals surface area contributed by atoms with Gasteiger partial charge in [0.2, 0.25) is 0 Å². The Kier molecular flexibility index (Phi) is 9.28.